The number of aliphatic carboxylic acids is 1. The first kappa shape index (κ1) is 13.8. The normalized spacial score (nSPS) is 28.3. The van der Waals surface area contributed by atoms with Crippen LogP contribution in [0.1, 0.15) is 25.1 Å². The van der Waals surface area contributed by atoms with Crippen molar-refractivity contribution in [3.63, 3.8) is 0 Å². The molecule has 5 heteroatoms. The Morgan fingerprint density at radius 1 is 1.45 bits per heavy atom. The summed E-state index contributed by atoms with van der Waals surface area (Å²) >= 11 is 0. The predicted molar refractivity (Wildman–Crippen MR) is 83.4 cm³/mol. The molecule has 2 heterocycles. The van der Waals surface area contributed by atoms with Crippen molar-refractivity contribution in [2.24, 2.45) is 18.4 Å². The largest absolute Gasteiger partial charge is 0.481 e. The molecule has 1 aliphatic carbocycles. The molecule has 0 unspecified atom stereocenters. The van der Waals surface area contributed by atoms with E-state index < -0.39 is 11.4 Å². The summed E-state index contributed by atoms with van der Waals surface area (Å²) in [5, 5.41) is 9.68. The van der Waals surface area contributed by atoms with E-state index >= 15 is 0 Å². The third-order valence-electron chi connectivity index (χ3n) is 5.61. The van der Waals surface area contributed by atoms with Crippen LogP contribution in [-0.4, -0.2) is 38.6 Å². The maximum absolute atomic E-state index is 11.8. The lowest BCUT2D eigenvalue weighted by molar-refractivity contribution is -0.149. The van der Waals surface area contributed by atoms with Gasteiger partial charge in [0.05, 0.1) is 23.0 Å². The molecule has 0 bridgehead atoms. The smallest absolute Gasteiger partial charge is 0.311 e. The molecule has 5 nitrogen and oxygen atoms in total. The average Bonchev–Trinajstić information content (AvgIpc) is 3.12. The van der Waals surface area contributed by atoms with Crippen LogP contribution in [-0.2, 0) is 18.4 Å². The number of rotatable bonds is 3. The quantitative estimate of drug-likeness (QED) is 0.944. The number of benzene rings is 1. The molecule has 1 aromatic heterocycles. The van der Waals surface area contributed by atoms with E-state index in [4.69, 9.17) is 4.98 Å². The molecule has 1 N–H and O–H groups in total. The Kier molecular flexibility index (Phi) is 3.01. The zero-order valence-electron chi connectivity index (χ0n) is 12.8. The maximum atomic E-state index is 11.8. The second kappa shape index (κ2) is 4.81. The summed E-state index contributed by atoms with van der Waals surface area (Å²) in [6.45, 7) is 2.28. The molecule has 116 valence electrons. The van der Waals surface area contributed by atoms with Gasteiger partial charge >= 0.3 is 5.97 Å². The Bertz CT molecular complexity index is 739. The van der Waals surface area contributed by atoms with E-state index in [-0.39, 0.29) is 0 Å². The molecule has 1 saturated carbocycles. The summed E-state index contributed by atoms with van der Waals surface area (Å²) in [6.07, 6.45) is 2.93. The lowest BCUT2D eigenvalue weighted by atomic mass is 9.81. The van der Waals surface area contributed by atoms with Crippen LogP contribution in [0.2, 0.25) is 0 Å². The zero-order valence-corrected chi connectivity index (χ0v) is 12.8. The molecule has 1 saturated heterocycles. The van der Waals surface area contributed by atoms with Crippen LogP contribution in [0.4, 0.5) is 0 Å². The van der Waals surface area contributed by atoms with Crippen LogP contribution in [0.3, 0.4) is 0 Å². The third-order valence-corrected chi connectivity index (χ3v) is 5.61. The number of likely N-dealkylation sites (tertiary alicyclic amines) is 1. The lowest BCUT2D eigenvalue weighted by Gasteiger charge is -2.23. The van der Waals surface area contributed by atoms with Gasteiger partial charge in [-0.25, -0.2) is 4.98 Å². The van der Waals surface area contributed by atoms with Crippen LogP contribution >= 0.6 is 0 Å². The first-order chi connectivity index (χ1) is 10.6. The summed E-state index contributed by atoms with van der Waals surface area (Å²) in [5.41, 5.74) is 1.63. The number of aromatic nitrogens is 2. The monoisotopic (exact) mass is 299 g/mol. The second-order valence-corrected chi connectivity index (χ2v) is 6.80. The molecule has 1 aromatic carbocycles. The summed E-state index contributed by atoms with van der Waals surface area (Å²) in [4.78, 5) is 18.8. The number of carboxylic acids is 1. The Morgan fingerprint density at radius 3 is 3.00 bits per heavy atom. The summed E-state index contributed by atoms with van der Waals surface area (Å²) < 4.78 is 2.12. The molecule has 0 radical (unpaired) electrons. The zero-order chi connectivity index (χ0) is 15.3. The Balaban J connectivity index is 1.59. The fourth-order valence-corrected chi connectivity index (χ4v) is 4.40. The van der Waals surface area contributed by atoms with Crippen molar-refractivity contribution in [1.29, 1.82) is 0 Å². The van der Waals surface area contributed by atoms with E-state index in [1.807, 2.05) is 25.2 Å². The molecular formula is C17H21N3O2. The molecule has 2 aliphatic rings. The van der Waals surface area contributed by atoms with E-state index in [0.29, 0.717) is 12.5 Å². The van der Waals surface area contributed by atoms with Crippen molar-refractivity contribution in [1.82, 2.24) is 14.5 Å². The van der Waals surface area contributed by atoms with Gasteiger partial charge in [0, 0.05) is 20.1 Å². The summed E-state index contributed by atoms with van der Waals surface area (Å²) in [7, 11) is 2.04. The van der Waals surface area contributed by atoms with Crippen LogP contribution < -0.4 is 0 Å². The van der Waals surface area contributed by atoms with E-state index in [1.54, 1.807) is 0 Å². The van der Waals surface area contributed by atoms with Crippen molar-refractivity contribution in [2.75, 3.05) is 13.1 Å². The second-order valence-electron chi connectivity index (χ2n) is 6.80. The molecular weight excluding hydrogens is 278 g/mol. The summed E-state index contributed by atoms with van der Waals surface area (Å²) in [5.74, 6) is 0.712. The lowest BCUT2D eigenvalue weighted by Crippen LogP contribution is -2.35. The van der Waals surface area contributed by atoms with E-state index in [1.165, 1.54) is 0 Å². The fourth-order valence-electron chi connectivity index (χ4n) is 4.40. The van der Waals surface area contributed by atoms with Crippen molar-refractivity contribution < 1.29 is 9.90 Å². The van der Waals surface area contributed by atoms with Gasteiger partial charge in [-0.2, -0.15) is 0 Å². The molecule has 2 fully saturated rings. The Hall–Kier alpha value is -1.88. The van der Waals surface area contributed by atoms with Crippen LogP contribution in [0.5, 0.6) is 0 Å². The van der Waals surface area contributed by atoms with E-state index in [0.717, 1.165) is 49.2 Å². The highest BCUT2D eigenvalue weighted by atomic mass is 16.4. The van der Waals surface area contributed by atoms with Gasteiger partial charge in [-0.05, 0) is 30.9 Å². The fraction of sp³-hybridized carbons (Fsp3) is 0.529. The number of hydrogen-bond acceptors (Lipinski definition) is 3. The minimum atomic E-state index is -0.609. The topological polar surface area (TPSA) is 58.4 Å². The minimum Gasteiger partial charge on any atom is -0.481 e. The van der Waals surface area contributed by atoms with E-state index in [2.05, 4.69) is 15.5 Å². The van der Waals surface area contributed by atoms with Crippen LogP contribution in [0.15, 0.2) is 24.3 Å². The van der Waals surface area contributed by atoms with Gasteiger partial charge in [0.2, 0.25) is 0 Å². The van der Waals surface area contributed by atoms with Gasteiger partial charge in [-0.15, -0.1) is 0 Å². The predicted octanol–water partition coefficient (Wildman–Crippen LogP) is 2.26. The molecule has 1 aliphatic heterocycles. The number of fused-ring (bicyclic) bond motifs is 2. The van der Waals surface area contributed by atoms with Gasteiger partial charge < -0.3 is 9.67 Å². The SMILES string of the molecule is Cn1c(CN2C[C@@H]3CCC[C@@]3(C(=O)O)C2)nc2ccccc21. The highest BCUT2D eigenvalue weighted by Gasteiger charge is 2.54. The first-order valence-electron chi connectivity index (χ1n) is 7.96. The molecule has 4 rings (SSSR count). The van der Waals surface area contributed by atoms with Gasteiger partial charge in [-0.1, -0.05) is 18.6 Å². The van der Waals surface area contributed by atoms with E-state index in [9.17, 15) is 9.90 Å². The third kappa shape index (κ3) is 1.88. The average molecular weight is 299 g/mol. The standard InChI is InChI=1S/C17H21N3O2/c1-19-14-7-3-2-6-13(14)18-15(19)10-20-9-12-5-4-8-17(12,11-20)16(21)22/h2-3,6-7,12H,4-5,8-11H2,1H3,(H,21,22)/t12-,17+/m0/s1. The Morgan fingerprint density at radius 2 is 2.27 bits per heavy atom. The van der Waals surface area contributed by atoms with Gasteiger partial charge in [0.1, 0.15) is 5.82 Å². The van der Waals surface area contributed by atoms with Gasteiger partial charge in [-0.3, -0.25) is 9.69 Å². The molecule has 2 aromatic rings. The van der Waals surface area contributed by atoms with Crippen molar-refractivity contribution in [3.8, 4) is 0 Å². The molecule has 22 heavy (non-hydrogen) atoms. The molecule has 2 atom stereocenters. The van der Waals surface area contributed by atoms with Crippen molar-refractivity contribution in [2.45, 2.75) is 25.8 Å². The van der Waals surface area contributed by atoms with Gasteiger partial charge in [0.15, 0.2) is 0 Å². The summed E-state index contributed by atoms with van der Waals surface area (Å²) in [6, 6.07) is 8.12. The number of carbonyl (C=O) groups is 1. The van der Waals surface area contributed by atoms with Gasteiger partial charge in [0.25, 0.3) is 0 Å². The van der Waals surface area contributed by atoms with Crippen LogP contribution in [0.25, 0.3) is 11.0 Å². The number of nitrogens with zero attached hydrogens (tertiary/aromatic N) is 3. The van der Waals surface area contributed by atoms with Crippen LogP contribution in [0, 0.1) is 11.3 Å². The molecule has 0 amide bonds. The highest BCUT2D eigenvalue weighted by Crippen LogP contribution is 2.49. The maximum Gasteiger partial charge on any atom is 0.311 e. The molecule has 0 spiro atoms. The first-order valence-corrected chi connectivity index (χ1v) is 7.96. The van der Waals surface area contributed by atoms with Crippen molar-refractivity contribution >= 4 is 17.0 Å². The number of para-hydroxylation sites is 2. The highest BCUT2D eigenvalue weighted by molar-refractivity contribution is 5.77. The minimum absolute atomic E-state index is 0.305. The van der Waals surface area contributed by atoms with Crippen molar-refractivity contribution in [3.05, 3.63) is 30.1 Å². The number of carboxylic acid groups (broad SMARTS) is 1. The number of aryl methyl sites for hydroxylation is 1. The number of hydrogen-bond donors (Lipinski definition) is 1. The Labute approximate surface area is 129 Å². The number of imidazole rings is 1.